The second-order valence-electron chi connectivity index (χ2n) is 7.39. The quantitative estimate of drug-likeness (QED) is 0.570. The second kappa shape index (κ2) is 11.0. The molecule has 32 heavy (non-hydrogen) atoms. The number of likely N-dealkylation sites (N-methyl/N-ethyl adjacent to an activating group) is 1. The SMILES string of the molecule is CCC(C(=O)NC)N(Cc1ccc(Cl)cc1)C(=O)CN(c1ccc(C)c(Cl)c1)S(C)(=O)=O. The van der Waals surface area contributed by atoms with Crippen LogP contribution in [0.3, 0.4) is 0 Å². The molecule has 0 aliphatic rings. The number of nitrogens with one attached hydrogen (secondary N) is 1. The molecule has 1 unspecified atom stereocenters. The van der Waals surface area contributed by atoms with Crippen molar-refractivity contribution in [1.82, 2.24) is 10.2 Å². The smallest absolute Gasteiger partial charge is 0.244 e. The molecule has 0 aliphatic carbocycles. The van der Waals surface area contributed by atoms with Crippen molar-refractivity contribution in [3.8, 4) is 0 Å². The first-order valence-corrected chi connectivity index (χ1v) is 12.6. The molecule has 0 aromatic heterocycles. The van der Waals surface area contributed by atoms with E-state index in [1.54, 1.807) is 50.2 Å². The highest BCUT2D eigenvalue weighted by Crippen LogP contribution is 2.25. The molecule has 10 heteroatoms. The van der Waals surface area contributed by atoms with E-state index in [1.165, 1.54) is 18.0 Å². The summed E-state index contributed by atoms with van der Waals surface area (Å²) < 4.78 is 26.1. The van der Waals surface area contributed by atoms with E-state index in [0.717, 1.165) is 21.7 Å². The van der Waals surface area contributed by atoms with E-state index in [9.17, 15) is 18.0 Å². The Morgan fingerprint density at radius 2 is 1.72 bits per heavy atom. The van der Waals surface area contributed by atoms with E-state index in [4.69, 9.17) is 23.2 Å². The molecule has 1 N–H and O–H groups in total. The van der Waals surface area contributed by atoms with Crippen molar-refractivity contribution in [3.63, 3.8) is 0 Å². The summed E-state index contributed by atoms with van der Waals surface area (Å²) in [5.41, 5.74) is 1.82. The lowest BCUT2D eigenvalue weighted by atomic mass is 10.1. The predicted molar refractivity (Wildman–Crippen MR) is 129 cm³/mol. The summed E-state index contributed by atoms with van der Waals surface area (Å²) in [4.78, 5) is 27.3. The third-order valence-electron chi connectivity index (χ3n) is 5.02. The number of carbonyl (C=O) groups is 2. The van der Waals surface area contributed by atoms with Gasteiger partial charge in [0.15, 0.2) is 0 Å². The zero-order valence-corrected chi connectivity index (χ0v) is 20.8. The van der Waals surface area contributed by atoms with Gasteiger partial charge in [-0.05, 0) is 48.7 Å². The molecule has 174 valence electrons. The fourth-order valence-corrected chi connectivity index (χ4v) is 4.37. The van der Waals surface area contributed by atoms with E-state index in [-0.39, 0.29) is 18.1 Å². The second-order valence-corrected chi connectivity index (χ2v) is 10.1. The van der Waals surface area contributed by atoms with Crippen LogP contribution in [-0.4, -0.2) is 51.0 Å². The average molecular weight is 500 g/mol. The van der Waals surface area contributed by atoms with Gasteiger partial charge in [0.2, 0.25) is 21.8 Å². The Bertz CT molecular complexity index is 1080. The normalized spacial score (nSPS) is 12.2. The van der Waals surface area contributed by atoms with Gasteiger partial charge in [-0.2, -0.15) is 0 Å². The van der Waals surface area contributed by atoms with Crippen molar-refractivity contribution in [1.29, 1.82) is 0 Å². The molecule has 0 aliphatic heterocycles. The van der Waals surface area contributed by atoms with Gasteiger partial charge >= 0.3 is 0 Å². The van der Waals surface area contributed by atoms with Gasteiger partial charge in [-0.25, -0.2) is 8.42 Å². The maximum atomic E-state index is 13.4. The molecular weight excluding hydrogens is 473 g/mol. The standard InChI is InChI=1S/C22H27Cl2N3O4S/c1-5-20(22(29)25-3)26(13-16-7-9-17(23)10-8-16)21(28)14-27(32(4,30)31)18-11-6-15(2)19(24)12-18/h6-12,20H,5,13-14H2,1-4H3,(H,25,29). The lowest BCUT2D eigenvalue weighted by molar-refractivity contribution is -0.140. The van der Waals surface area contributed by atoms with Gasteiger partial charge in [0.05, 0.1) is 11.9 Å². The number of rotatable bonds is 9. The van der Waals surface area contributed by atoms with Gasteiger partial charge < -0.3 is 10.2 Å². The van der Waals surface area contributed by atoms with Crippen LogP contribution in [0.1, 0.15) is 24.5 Å². The Hall–Kier alpha value is -2.29. The van der Waals surface area contributed by atoms with Crippen LogP contribution in [0.2, 0.25) is 10.0 Å². The monoisotopic (exact) mass is 499 g/mol. The molecule has 0 fully saturated rings. The van der Waals surface area contributed by atoms with Crippen LogP contribution < -0.4 is 9.62 Å². The number of hydrogen-bond donors (Lipinski definition) is 1. The Labute approximate surface area is 199 Å². The molecular formula is C22H27Cl2N3O4S. The first-order chi connectivity index (χ1) is 15.0. The number of aryl methyl sites for hydroxylation is 1. The minimum absolute atomic E-state index is 0.119. The van der Waals surface area contributed by atoms with E-state index < -0.39 is 28.5 Å². The van der Waals surface area contributed by atoms with Crippen molar-refractivity contribution in [2.75, 3.05) is 24.2 Å². The van der Waals surface area contributed by atoms with Crippen LogP contribution in [-0.2, 0) is 26.2 Å². The van der Waals surface area contributed by atoms with Crippen molar-refractivity contribution < 1.29 is 18.0 Å². The number of anilines is 1. The molecule has 2 aromatic rings. The first kappa shape index (κ1) is 26.0. The summed E-state index contributed by atoms with van der Waals surface area (Å²) in [6.07, 6.45) is 1.38. The summed E-state index contributed by atoms with van der Waals surface area (Å²) in [5, 5.41) is 3.51. The Morgan fingerprint density at radius 1 is 1.09 bits per heavy atom. The van der Waals surface area contributed by atoms with Crippen LogP contribution in [0.4, 0.5) is 5.69 Å². The van der Waals surface area contributed by atoms with E-state index >= 15 is 0 Å². The Kier molecular flexibility index (Phi) is 8.95. The highest BCUT2D eigenvalue weighted by Gasteiger charge is 2.31. The van der Waals surface area contributed by atoms with Gasteiger partial charge in [-0.15, -0.1) is 0 Å². The minimum atomic E-state index is -3.80. The molecule has 0 radical (unpaired) electrons. The molecule has 2 aromatic carbocycles. The number of halogens is 2. The van der Waals surface area contributed by atoms with Crippen LogP contribution in [0.5, 0.6) is 0 Å². The van der Waals surface area contributed by atoms with Gasteiger partial charge in [0, 0.05) is 23.6 Å². The number of sulfonamides is 1. The maximum absolute atomic E-state index is 13.4. The van der Waals surface area contributed by atoms with Crippen molar-refractivity contribution in [2.24, 2.45) is 0 Å². The summed E-state index contributed by atoms with van der Waals surface area (Å²) >= 11 is 12.1. The fourth-order valence-electron chi connectivity index (χ4n) is 3.22. The minimum Gasteiger partial charge on any atom is -0.357 e. The largest absolute Gasteiger partial charge is 0.357 e. The van der Waals surface area contributed by atoms with Crippen LogP contribution in [0.15, 0.2) is 42.5 Å². The highest BCUT2D eigenvalue weighted by molar-refractivity contribution is 7.92. The van der Waals surface area contributed by atoms with Crippen LogP contribution in [0, 0.1) is 6.92 Å². The van der Waals surface area contributed by atoms with Gasteiger partial charge in [-0.3, -0.25) is 13.9 Å². The fraction of sp³-hybridized carbons (Fsp3) is 0.364. The highest BCUT2D eigenvalue weighted by atomic mass is 35.5. The molecule has 0 spiro atoms. The molecule has 0 bridgehead atoms. The Morgan fingerprint density at radius 3 is 2.22 bits per heavy atom. The van der Waals surface area contributed by atoms with Crippen molar-refractivity contribution in [3.05, 3.63) is 63.6 Å². The predicted octanol–water partition coefficient (Wildman–Crippen LogP) is 3.62. The lowest BCUT2D eigenvalue weighted by Crippen LogP contribution is -2.51. The first-order valence-electron chi connectivity index (χ1n) is 9.97. The van der Waals surface area contributed by atoms with Gasteiger partial charge in [0.1, 0.15) is 12.6 Å². The topological polar surface area (TPSA) is 86.8 Å². The Balaban J connectivity index is 2.43. The van der Waals surface area contributed by atoms with E-state index in [2.05, 4.69) is 5.32 Å². The summed E-state index contributed by atoms with van der Waals surface area (Å²) in [5.74, 6) is -0.850. The maximum Gasteiger partial charge on any atom is 0.244 e. The number of amides is 2. The zero-order valence-electron chi connectivity index (χ0n) is 18.4. The van der Waals surface area contributed by atoms with Crippen LogP contribution in [0.25, 0.3) is 0 Å². The number of hydrogen-bond acceptors (Lipinski definition) is 4. The third kappa shape index (κ3) is 6.60. The number of carbonyl (C=O) groups excluding carboxylic acids is 2. The average Bonchev–Trinajstić information content (AvgIpc) is 2.74. The zero-order chi connectivity index (χ0) is 24.1. The molecule has 0 saturated heterocycles. The summed E-state index contributed by atoms with van der Waals surface area (Å²) in [6, 6.07) is 10.9. The summed E-state index contributed by atoms with van der Waals surface area (Å²) in [6.45, 7) is 3.23. The van der Waals surface area contributed by atoms with E-state index in [0.29, 0.717) is 16.5 Å². The van der Waals surface area contributed by atoms with Crippen molar-refractivity contribution in [2.45, 2.75) is 32.9 Å². The van der Waals surface area contributed by atoms with Gasteiger partial charge in [0.25, 0.3) is 0 Å². The molecule has 0 heterocycles. The number of nitrogens with zero attached hydrogens (tertiary/aromatic N) is 2. The molecule has 1 atom stereocenters. The van der Waals surface area contributed by atoms with Crippen molar-refractivity contribution >= 4 is 50.7 Å². The lowest BCUT2D eigenvalue weighted by Gasteiger charge is -2.32. The molecule has 0 saturated carbocycles. The molecule has 2 amide bonds. The van der Waals surface area contributed by atoms with Crippen LogP contribution >= 0.6 is 23.2 Å². The number of benzene rings is 2. The van der Waals surface area contributed by atoms with Gasteiger partial charge in [-0.1, -0.05) is 48.3 Å². The molecule has 7 nitrogen and oxygen atoms in total. The van der Waals surface area contributed by atoms with E-state index in [1.807, 2.05) is 0 Å². The summed E-state index contributed by atoms with van der Waals surface area (Å²) in [7, 11) is -2.31. The molecule has 2 rings (SSSR count). The third-order valence-corrected chi connectivity index (χ3v) is 6.82.